The third-order valence-corrected chi connectivity index (χ3v) is 3.29. The summed E-state index contributed by atoms with van der Waals surface area (Å²) in [6.45, 7) is 9.77. The van der Waals surface area contributed by atoms with Crippen LogP contribution in [0.5, 0.6) is 5.75 Å². The van der Waals surface area contributed by atoms with Crippen LogP contribution in [-0.2, 0) is 13.1 Å². The summed E-state index contributed by atoms with van der Waals surface area (Å²) in [5.41, 5.74) is 2.40. The zero-order valence-electron chi connectivity index (χ0n) is 13.2. The summed E-state index contributed by atoms with van der Waals surface area (Å²) >= 11 is 0. The molecule has 114 valence electrons. The number of nitrogens with one attached hydrogen (secondary N) is 1. The summed E-state index contributed by atoms with van der Waals surface area (Å²) in [5.74, 6) is 1.65. The number of hydrogen-bond acceptors (Lipinski definition) is 3. The highest BCUT2D eigenvalue weighted by Gasteiger charge is 2.07. The summed E-state index contributed by atoms with van der Waals surface area (Å²) in [5, 5.41) is 7.66. The molecule has 4 heteroatoms. The quantitative estimate of drug-likeness (QED) is 0.811. The maximum absolute atomic E-state index is 6.00. The average Bonchev–Trinajstić information content (AvgIpc) is 2.94. The van der Waals surface area contributed by atoms with Gasteiger partial charge in [-0.25, -0.2) is 0 Å². The second kappa shape index (κ2) is 7.84. The van der Waals surface area contributed by atoms with Gasteiger partial charge in [-0.15, -0.1) is 0 Å². The number of aromatic nitrogens is 2. The van der Waals surface area contributed by atoms with Crippen molar-refractivity contribution in [2.45, 2.75) is 33.9 Å². The molecule has 0 bridgehead atoms. The number of hydrogen-bond donors (Lipinski definition) is 1. The van der Waals surface area contributed by atoms with Crippen LogP contribution in [0.1, 0.15) is 25.0 Å². The molecule has 1 heterocycles. The molecule has 2 aromatic rings. The minimum Gasteiger partial charge on any atom is -0.491 e. The van der Waals surface area contributed by atoms with E-state index in [0.29, 0.717) is 12.5 Å². The molecule has 21 heavy (non-hydrogen) atoms. The zero-order chi connectivity index (χ0) is 15.1. The Kier molecular flexibility index (Phi) is 5.81. The van der Waals surface area contributed by atoms with Gasteiger partial charge in [-0.2, -0.15) is 5.10 Å². The second-order valence-electron chi connectivity index (χ2n) is 5.71. The van der Waals surface area contributed by atoms with Gasteiger partial charge in [0.2, 0.25) is 0 Å². The number of benzene rings is 1. The first kappa shape index (κ1) is 15.6. The van der Waals surface area contributed by atoms with Gasteiger partial charge in [0.1, 0.15) is 12.4 Å². The van der Waals surface area contributed by atoms with E-state index in [1.165, 1.54) is 11.1 Å². The van der Waals surface area contributed by atoms with Gasteiger partial charge in [-0.3, -0.25) is 4.68 Å². The Morgan fingerprint density at radius 1 is 1.29 bits per heavy atom. The highest BCUT2D eigenvalue weighted by molar-refractivity contribution is 5.40. The predicted molar refractivity (Wildman–Crippen MR) is 85.4 cm³/mol. The standard InChI is InChI=1S/C17H25N3O/c1-14(2)12-18-13-16-7-4-6-15(3)17(16)21-11-10-20-9-5-8-19-20/h4-9,14,18H,10-13H2,1-3H3. The third-order valence-electron chi connectivity index (χ3n) is 3.29. The molecule has 1 N–H and O–H groups in total. The molecule has 0 radical (unpaired) electrons. The van der Waals surface area contributed by atoms with Gasteiger partial charge in [0, 0.05) is 24.5 Å². The first-order valence-electron chi connectivity index (χ1n) is 7.56. The van der Waals surface area contributed by atoms with Gasteiger partial charge >= 0.3 is 0 Å². The lowest BCUT2D eigenvalue weighted by atomic mass is 10.1. The molecule has 0 saturated carbocycles. The predicted octanol–water partition coefficient (Wildman–Crippen LogP) is 3.02. The molecule has 2 rings (SSSR count). The first-order valence-corrected chi connectivity index (χ1v) is 7.56. The van der Waals surface area contributed by atoms with Crippen LogP contribution in [0.4, 0.5) is 0 Å². The third kappa shape index (κ3) is 4.90. The topological polar surface area (TPSA) is 39.1 Å². The van der Waals surface area contributed by atoms with Crippen molar-refractivity contribution < 1.29 is 4.74 Å². The largest absolute Gasteiger partial charge is 0.491 e. The fraction of sp³-hybridized carbons (Fsp3) is 0.471. The van der Waals surface area contributed by atoms with Crippen molar-refractivity contribution in [2.75, 3.05) is 13.2 Å². The lowest BCUT2D eigenvalue weighted by molar-refractivity contribution is 0.286. The number of rotatable bonds is 8. The Labute approximate surface area is 127 Å². The Hall–Kier alpha value is -1.81. The fourth-order valence-corrected chi connectivity index (χ4v) is 2.23. The van der Waals surface area contributed by atoms with Crippen molar-refractivity contribution in [3.05, 3.63) is 47.8 Å². The summed E-state index contributed by atoms with van der Waals surface area (Å²) in [6, 6.07) is 8.23. The van der Waals surface area contributed by atoms with Gasteiger partial charge in [-0.1, -0.05) is 32.0 Å². The van der Waals surface area contributed by atoms with Gasteiger partial charge in [-0.05, 0) is 31.0 Å². The van der Waals surface area contributed by atoms with E-state index in [9.17, 15) is 0 Å². The van der Waals surface area contributed by atoms with Crippen molar-refractivity contribution in [2.24, 2.45) is 5.92 Å². The number of nitrogens with zero attached hydrogens (tertiary/aromatic N) is 2. The van der Waals surface area contributed by atoms with E-state index in [0.717, 1.165) is 25.4 Å². The lowest BCUT2D eigenvalue weighted by Gasteiger charge is -2.15. The minimum atomic E-state index is 0.629. The Balaban J connectivity index is 1.93. The average molecular weight is 287 g/mol. The van der Waals surface area contributed by atoms with Crippen LogP contribution in [0.3, 0.4) is 0 Å². The maximum Gasteiger partial charge on any atom is 0.126 e. The highest BCUT2D eigenvalue weighted by Crippen LogP contribution is 2.23. The highest BCUT2D eigenvalue weighted by atomic mass is 16.5. The summed E-state index contributed by atoms with van der Waals surface area (Å²) in [7, 11) is 0. The van der Waals surface area contributed by atoms with Crippen LogP contribution in [0.2, 0.25) is 0 Å². The molecule has 0 aliphatic carbocycles. The summed E-state index contributed by atoms with van der Waals surface area (Å²) in [6.07, 6.45) is 3.74. The van der Waals surface area contributed by atoms with Crippen molar-refractivity contribution >= 4 is 0 Å². The molecule has 0 spiro atoms. The molecule has 1 aromatic heterocycles. The molecule has 4 nitrogen and oxygen atoms in total. The van der Waals surface area contributed by atoms with Crippen LogP contribution in [0.25, 0.3) is 0 Å². The lowest BCUT2D eigenvalue weighted by Crippen LogP contribution is -2.20. The van der Waals surface area contributed by atoms with E-state index in [1.54, 1.807) is 6.20 Å². The van der Waals surface area contributed by atoms with E-state index < -0.39 is 0 Å². The molecule has 0 amide bonds. The molecule has 0 fully saturated rings. The van der Waals surface area contributed by atoms with Crippen LogP contribution in [0, 0.1) is 12.8 Å². The van der Waals surface area contributed by atoms with Crippen LogP contribution in [-0.4, -0.2) is 22.9 Å². The Bertz CT molecular complexity index is 535. The van der Waals surface area contributed by atoms with Gasteiger partial charge < -0.3 is 10.1 Å². The SMILES string of the molecule is Cc1cccc(CNCC(C)C)c1OCCn1cccn1. The minimum absolute atomic E-state index is 0.629. The number of para-hydroxylation sites is 1. The fourth-order valence-electron chi connectivity index (χ4n) is 2.23. The van der Waals surface area contributed by atoms with Gasteiger partial charge in [0.25, 0.3) is 0 Å². The van der Waals surface area contributed by atoms with Crippen molar-refractivity contribution in [1.29, 1.82) is 0 Å². The van der Waals surface area contributed by atoms with Crippen molar-refractivity contribution in [1.82, 2.24) is 15.1 Å². The molecule has 0 atom stereocenters. The van der Waals surface area contributed by atoms with Crippen LogP contribution >= 0.6 is 0 Å². The van der Waals surface area contributed by atoms with Crippen LogP contribution in [0.15, 0.2) is 36.7 Å². The molecule has 0 unspecified atom stereocenters. The first-order chi connectivity index (χ1) is 10.2. The van der Waals surface area contributed by atoms with E-state index in [-0.39, 0.29) is 0 Å². The zero-order valence-corrected chi connectivity index (χ0v) is 13.2. The molecule has 1 aromatic carbocycles. The molecular formula is C17H25N3O. The maximum atomic E-state index is 6.00. The summed E-state index contributed by atoms with van der Waals surface area (Å²) in [4.78, 5) is 0. The molecule has 0 aliphatic heterocycles. The molecule has 0 aliphatic rings. The van der Waals surface area contributed by atoms with Crippen molar-refractivity contribution in [3.8, 4) is 5.75 Å². The Morgan fingerprint density at radius 2 is 2.14 bits per heavy atom. The van der Waals surface area contributed by atoms with E-state index in [2.05, 4.69) is 49.4 Å². The van der Waals surface area contributed by atoms with Gasteiger partial charge in [0.05, 0.1) is 6.54 Å². The van der Waals surface area contributed by atoms with Crippen molar-refractivity contribution in [3.63, 3.8) is 0 Å². The number of aryl methyl sites for hydroxylation is 1. The molecular weight excluding hydrogens is 262 g/mol. The smallest absolute Gasteiger partial charge is 0.126 e. The van der Waals surface area contributed by atoms with Crippen LogP contribution < -0.4 is 10.1 Å². The van der Waals surface area contributed by atoms with E-state index in [4.69, 9.17) is 4.74 Å². The monoisotopic (exact) mass is 287 g/mol. The number of ether oxygens (including phenoxy) is 1. The normalized spacial score (nSPS) is 11.0. The second-order valence-corrected chi connectivity index (χ2v) is 5.71. The van der Waals surface area contributed by atoms with E-state index in [1.807, 2.05) is 16.9 Å². The van der Waals surface area contributed by atoms with E-state index >= 15 is 0 Å². The molecule has 0 saturated heterocycles. The van der Waals surface area contributed by atoms with Gasteiger partial charge in [0.15, 0.2) is 0 Å². The Morgan fingerprint density at radius 3 is 2.86 bits per heavy atom. The summed E-state index contributed by atoms with van der Waals surface area (Å²) < 4.78 is 7.88.